The minimum Gasteiger partial charge on any atom is -0.483 e. The fraction of sp³-hybridized carbons (Fsp3) is 0.375. The number of nitrogens with zero attached hydrogens (tertiary/aromatic N) is 1. The summed E-state index contributed by atoms with van der Waals surface area (Å²) < 4.78 is 6.89. The molecule has 0 spiro atoms. The lowest BCUT2D eigenvalue weighted by atomic mass is 9.97. The van der Waals surface area contributed by atoms with Gasteiger partial charge in [0.1, 0.15) is 11.9 Å². The maximum atomic E-state index is 12.3. The lowest BCUT2D eigenvalue weighted by molar-refractivity contribution is 0.0845. The van der Waals surface area contributed by atoms with Crippen LogP contribution in [0, 0.1) is 0 Å². The normalized spacial score (nSPS) is 18.3. The molecule has 2 aromatic rings. The minimum absolute atomic E-state index is 0.0164. The molecule has 5 heteroatoms. The van der Waals surface area contributed by atoms with Crippen LogP contribution in [-0.2, 0) is 5.41 Å². The Kier molecular flexibility index (Phi) is 3.66. The SMILES string of the molecule is CC(C)(C)c1nc(C2CC(=O)c3ccc(Br)cc3O2)cs1. The van der Waals surface area contributed by atoms with Gasteiger partial charge in [0, 0.05) is 15.3 Å². The standard InChI is InChI=1S/C16H16BrNO2S/c1-16(2,3)15-18-11(8-21-15)14-7-12(19)10-5-4-9(17)6-13(10)20-14/h4-6,8,14H,7H2,1-3H3. The molecule has 0 saturated carbocycles. The van der Waals surface area contributed by atoms with Crippen LogP contribution in [0.25, 0.3) is 0 Å². The fourth-order valence-corrected chi connectivity index (χ4v) is 3.53. The molecule has 1 aliphatic rings. The molecule has 0 bridgehead atoms. The summed E-state index contributed by atoms with van der Waals surface area (Å²) >= 11 is 5.04. The van der Waals surface area contributed by atoms with Crippen LogP contribution in [0.15, 0.2) is 28.1 Å². The van der Waals surface area contributed by atoms with E-state index in [9.17, 15) is 4.79 Å². The number of carbonyl (C=O) groups is 1. The predicted octanol–water partition coefficient (Wildman–Crippen LogP) is 4.91. The van der Waals surface area contributed by atoms with Gasteiger partial charge in [-0.2, -0.15) is 0 Å². The van der Waals surface area contributed by atoms with Gasteiger partial charge in [0.15, 0.2) is 5.78 Å². The Labute approximate surface area is 136 Å². The van der Waals surface area contributed by atoms with Crippen molar-refractivity contribution < 1.29 is 9.53 Å². The largest absolute Gasteiger partial charge is 0.483 e. The topological polar surface area (TPSA) is 39.2 Å². The number of halogens is 1. The number of ketones is 1. The average Bonchev–Trinajstić information content (AvgIpc) is 2.87. The third kappa shape index (κ3) is 2.90. The number of hydrogen-bond donors (Lipinski definition) is 0. The summed E-state index contributed by atoms with van der Waals surface area (Å²) in [6, 6.07) is 5.51. The van der Waals surface area contributed by atoms with Gasteiger partial charge in [-0.1, -0.05) is 36.7 Å². The molecule has 1 unspecified atom stereocenters. The lowest BCUT2D eigenvalue weighted by Gasteiger charge is -2.24. The molecule has 0 saturated heterocycles. The van der Waals surface area contributed by atoms with Gasteiger partial charge in [-0.05, 0) is 18.2 Å². The van der Waals surface area contributed by atoms with Crippen molar-refractivity contribution in [2.45, 2.75) is 38.7 Å². The molecule has 3 nitrogen and oxygen atoms in total. The van der Waals surface area contributed by atoms with E-state index in [0.29, 0.717) is 17.7 Å². The number of aromatic nitrogens is 1. The molecule has 0 radical (unpaired) electrons. The first-order chi connectivity index (χ1) is 9.84. The van der Waals surface area contributed by atoms with E-state index in [1.165, 1.54) is 0 Å². The van der Waals surface area contributed by atoms with E-state index in [-0.39, 0.29) is 17.3 Å². The molecule has 110 valence electrons. The van der Waals surface area contributed by atoms with E-state index in [4.69, 9.17) is 4.74 Å². The second-order valence-corrected chi connectivity index (χ2v) is 7.98. The summed E-state index contributed by atoms with van der Waals surface area (Å²) in [5.74, 6) is 0.745. The number of benzene rings is 1. The molecule has 1 aliphatic heterocycles. The molecule has 0 fully saturated rings. The highest BCUT2D eigenvalue weighted by molar-refractivity contribution is 9.10. The molecular weight excluding hydrogens is 350 g/mol. The van der Waals surface area contributed by atoms with Crippen LogP contribution >= 0.6 is 27.3 Å². The summed E-state index contributed by atoms with van der Waals surface area (Å²) in [6.45, 7) is 6.40. The second-order valence-electron chi connectivity index (χ2n) is 6.20. The summed E-state index contributed by atoms with van der Waals surface area (Å²) in [4.78, 5) is 16.9. The van der Waals surface area contributed by atoms with Crippen molar-refractivity contribution in [3.05, 3.63) is 44.3 Å². The van der Waals surface area contributed by atoms with E-state index >= 15 is 0 Å². The average molecular weight is 366 g/mol. The number of fused-ring (bicyclic) bond motifs is 1. The van der Waals surface area contributed by atoms with E-state index in [1.807, 2.05) is 17.5 Å². The van der Waals surface area contributed by atoms with Crippen molar-refractivity contribution >= 4 is 33.0 Å². The third-order valence-corrected chi connectivity index (χ3v) is 5.16. The Morgan fingerprint density at radius 2 is 2.14 bits per heavy atom. The zero-order valence-electron chi connectivity index (χ0n) is 12.1. The molecule has 21 heavy (non-hydrogen) atoms. The summed E-state index contributed by atoms with van der Waals surface area (Å²) in [6.07, 6.45) is 0.0636. The molecule has 0 aliphatic carbocycles. The van der Waals surface area contributed by atoms with E-state index in [1.54, 1.807) is 17.4 Å². The van der Waals surface area contributed by atoms with Gasteiger partial charge in [-0.3, -0.25) is 4.79 Å². The number of ether oxygens (including phenoxy) is 1. The quantitative estimate of drug-likeness (QED) is 0.720. The fourth-order valence-electron chi connectivity index (χ4n) is 2.24. The van der Waals surface area contributed by atoms with Gasteiger partial charge in [0.2, 0.25) is 0 Å². The van der Waals surface area contributed by atoms with Crippen molar-refractivity contribution in [3.63, 3.8) is 0 Å². The van der Waals surface area contributed by atoms with Crippen LogP contribution in [0.5, 0.6) is 5.75 Å². The van der Waals surface area contributed by atoms with Gasteiger partial charge in [0.25, 0.3) is 0 Å². The van der Waals surface area contributed by atoms with Gasteiger partial charge in [0.05, 0.1) is 22.7 Å². The zero-order valence-corrected chi connectivity index (χ0v) is 14.5. The van der Waals surface area contributed by atoms with Crippen LogP contribution in [0.1, 0.15) is 54.4 Å². The van der Waals surface area contributed by atoms with Crippen molar-refractivity contribution in [1.82, 2.24) is 4.98 Å². The number of hydrogen-bond acceptors (Lipinski definition) is 4. The molecule has 1 atom stereocenters. The zero-order chi connectivity index (χ0) is 15.2. The summed E-state index contributed by atoms with van der Waals surface area (Å²) in [5, 5.41) is 3.07. The molecule has 1 aromatic heterocycles. The lowest BCUT2D eigenvalue weighted by Crippen LogP contribution is -2.21. The Balaban J connectivity index is 1.92. The first kappa shape index (κ1) is 14.7. The van der Waals surface area contributed by atoms with Crippen molar-refractivity contribution in [2.75, 3.05) is 0 Å². The molecule has 3 rings (SSSR count). The second kappa shape index (κ2) is 5.21. The van der Waals surface area contributed by atoms with Crippen molar-refractivity contribution in [1.29, 1.82) is 0 Å². The number of rotatable bonds is 1. The van der Waals surface area contributed by atoms with E-state index in [2.05, 4.69) is 41.7 Å². The molecular formula is C16H16BrNO2S. The highest BCUT2D eigenvalue weighted by Crippen LogP contribution is 2.37. The Morgan fingerprint density at radius 3 is 2.81 bits per heavy atom. The highest BCUT2D eigenvalue weighted by atomic mass is 79.9. The van der Waals surface area contributed by atoms with Crippen molar-refractivity contribution in [2.24, 2.45) is 0 Å². The highest BCUT2D eigenvalue weighted by Gasteiger charge is 2.30. The van der Waals surface area contributed by atoms with Crippen LogP contribution < -0.4 is 4.74 Å². The van der Waals surface area contributed by atoms with Crippen LogP contribution in [0.2, 0.25) is 0 Å². The smallest absolute Gasteiger partial charge is 0.170 e. The van der Waals surface area contributed by atoms with Gasteiger partial charge < -0.3 is 4.74 Å². The maximum absolute atomic E-state index is 12.3. The summed E-state index contributed by atoms with van der Waals surface area (Å²) in [5.41, 5.74) is 1.52. The Morgan fingerprint density at radius 1 is 1.38 bits per heavy atom. The van der Waals surface area contributed by atoms with Crippen LogP contribution in [0.3, 0.4) is 0 Å². The first-order valence-electron chi connectivity index (χ1n) is 6.80. The minimum atomic E-state index is -0.286. The molecule has 0 amide bonds. The monoisotopic (exact) mass is 365 g/mol. The molecule has 2 heterocycles. The van der Waals surface area contributed by atoms with E-state index < -0.39 is 0 Å². The molecule has 0 N–H and O–H groups in total. The molecule has 1 aromatic carbocycles. The van der Waals surface area contributed by atoms with E-state index in [0.717, 1.165) is 15.2 Å². The van der Waals surface area contributed by atoms with Crippen LogP contribution in [0.4, 0.5) is 0 Å². The number of thiazole rings is 1. The van der Waals surface area contributed by atoms with Gasteiger partial charge >= 0.3 is 0 Å². The van der Waals surface area contributed by atoms with Crippen LogP contribution in [-0.4, -0.2) is 10.8 Å². The van der Waals surface area contributed by atoms with Gasteiger partial charge in [-0.25, -0.2) is 4.98 Å². The Hall–Kier alpha value is -1.20. The first-order valence-corrected chi connectivity index (χ1v) is 8.47. The maximum Gasteiger partial charge on any atom is 0.170 e. The van der Waals surface area contributed by atoms with Gasteiger partial charge in [-0.15, -0.1) is 11.3 Å². The number of Topliss-reactive ketones (excluding diaryl/α,β-unsaturated/α-hetero) is 1. The number of carbonyl (C=O) groups excluding carboxylic acids is 1. The van der Waals surface area contributed by atoms with Crippen molar-refractivity contribution in [3.8, 4) is 5.75 Å². The Bertz CT molecular complexity index is 703. The predicted molar refractivity (Wildman–Crippen MR) is 87.3 cm³/mol. The summed E-state index contributed by atoms with van der Waals surface area (Å²) in [7, 11) is 0. The third-order valence-electron chi connectivity index (χ3n) is 3.38.